The first-order valence-corrected chi connectivity index (χ1v) is 7.25. The number of rotatable bonds is 2. The Morgan fingerprint density at radius 1 is 1.10 bits per heavy atom. The summed E-state index contributed by atoms with van der Waals surface area (Å²) in [6.07, 6.45) is 4.17. The second-order valence-electron chi connectivity index (χ2n) is 5.38. The van der Waals surface area contributed by atoms with Gasteiger partial charge in [-0.15, -0.1) is 0 Å². The molecule has 1 fully saturated rings. The molecule has 5 heteroatoms. The van der Waals surface area contributed by atoms with Crippen LogP contribution in [-0.2, 0) is 0 Å². The molecule has 1 aliphatic rings. The van der Waals surface area contributed by atoms with Gasteiger partial charge in [-0.3, -0.25) is 9.78 Å². The summed E-state index contributed by atoms with van der Waals surface area (Å²) in [5.74, 6) is 0.673. The summed E-state index contributed by atoms with van der Waals surface area (Å²) in [6.45, 7) is 1.92. The molecule has 2 N–H and O–H groups in total. The van der Waals surface area contributed by atoms with Gasteiger partial charge in [-0.2, -0.15) is 4.98 Å². The van der Waals surface area contributed by atoms with Crippen LogP contribution in [0, 0.1) is 0 Å². The van der Waals surface area contributed by atoms with E-state index in [1.54, 1.807) is 0 Å². The van der Waals surface area contributed by atoms with Crippen molar-refractivity contribution in [1.82, 2.24) is 15.0 Å². The molecule has 0 radical (unpaired) electrons. The zero-order valence-electron chi connectivity index (χ0n) is 11.6. The highest BCUT2D eigenvalue weighted by atomic mass is 16.1. The zero-order chi connectivity index (χ0) is 14.2. The molecule has 4 rings (SSSR count). The fourth-order valence-corrected chi connectivity index (χ4v) is 2.95. The summed E-state index contributed by atoms with van der Waals surface area (Å²) in [4.78, 5) is 25.2. The molecule has 0 unspecified atom stereocenters. The number of H-pyrrole nitrogens is 2. The number of anilines is 1. The lowest BCUT2D eigenvalue weighted by atomic mass is 10.1. The largest absolute Gasteiger partial charge is 0.345 e. The summed E-state index contributed by atoms with van der Waals surface area (Å²) in [6, 6.07) is 9.89. The molecule has 0 spiro atoms. The molecule has 1 aliphatic heterocycles. The van der Waals surface area contributed by atoms with Gasteiger partial charge in [-0.05, 0) is 18.4 Å². The van der Waals surface area contributed by atoms with Crippen molar-refractivity contribution in [2.45, 2.75) is 12.8 Å². The fraction of sp³-hybridized carbons (Fsp3) is 0.250. The first kappa shape index (κ1) is 12.2. The Hall–Kier alpha value is -2.56. The van der Waals surface area contributed by atoms with E-state index in [9.17, 15) is 4.79 Å². The third-order valence-corrected chi connectivity index (χ3v) is 4.02. The van der Waals surface area contributed by atoms with Gasteiger partial charge in [0.1, 0.15) is 5.65 Å². The van der Waals surface area contributed by atoms with Crippen molar-refractivity contribution in [3.8, 4) is 11.1 Å². The normalized spacial score (nSPS) is 15.0. The van der Waals surface area contributed by atoms with Crippen molar-refractivity contribution >= 4 is 17.0 Å². The van der Waals surface area contributed by atoms with Crippen molar-refractivity contribution in [3.63, 3.8) is 0 Å². The van der Waals surface area contributed by atoms with Gasteiger partial charge in [0.2, 0.25) is 5.95 Å². The average Bonchev–Trinajstić information content (AvgIpc) is 3.17. The van der Waals surface area contributed by atoms with E-state index in [2.05, 4.69) is 19.9 Å². The number of aromatic amines is 2. The van der Waals surface area contributed by atoms with E-state index in [1.807, 2.05) is 36.5 Å². The van der Waals surface area contributed by atoms with E-state index in [0.717, 1.165) is 37.1 Å². The van der Waals surface area contributed by atoms with Gasteiger partial charge in [0.25, 0.3) is 5.56 Å². The lowest BCUT2D eigenvalue weighted by molar-refractivity contribution is 0.899. The zero-order valence-corrected chi connectivity index (χ0v) is 11.6. The molecule has 0 atom stereocenters. The predicted molar refractivity (Wildman–Crippen MR) is 83.6 cm³/mol. The van der Waals surface area contributed by atoms with Crippen LogP contribution in [-0.4, -0.2) is 28.0 Å². The standard InChI is InChI=1S/C16H16N4O/c21-15-13-12(11-6-2-1-3-7-11)10-17-14(13)18-16(19-15)20-8-4-5-9-20/h1-3,6-7,10H,4-5,8-9H2,(H2,17,18,19,21). The first-order valence-electron chi connectivity index (χ1n) is 7.25. The highest BCUT2D eigenvalue weighted by molar-refractivity contribution is 5.93. The highest BCUT2D eigenvalue weighted by Gasteiger charge is 2.18. The van der Waals surface area contributed by atoms with Crippen LogP contribution < -0.4 is 10.5 Å². The van der Waals surface area contributed by atoms with Gasteiger partial charge >= 0.3 is 0 Å². The van der Waals surface area contributed by atoms with Gasteiger partial charge in [-0.1, -0.05) is 30.3 Å². The number of hydrogen-bond donors (Lipinski definition) is 2. The smallest absolute Gasteiger partial charge is 0.262 e. The minimum absolute atomic E-state index is 0.0815. The van der Waals surface area contributed by atoms with E-state index in [1.165, 1.54) is 0 Å². The highest BCUT2D eigenvalue weighted by Crippen LogP contribution is 2.26. The molecule has 0 aliphatic carbocycles. The topological polar surface area (TPSA) is 64.8 Å². The Morgan fingerprint density at radius 3 is 2.62 bits per heavy atom. The Balaban J connectivity index is 1.88. The van der Waals surface area contributed by atoms with E-state index >= 15 is 0 Å². The van der Waals surface area contributed by atoms with Crippen molar-refractivity contribution in [2.24, 2.45) is 0 Å². The summed E-state index contributed by atoms with van der Waals surface area (Å²) < 4.78 is 0. The molecule has 3 aromatic rings. The average molecular weight is 280 g/mol. The molecule has 0 saturated carbocycles. The van der Waals surface area contributed by atoms with Gasteiger partial charge < -0.3 is 9.88 Å². The van der Waals surface area contributed by atoms with Crippen LogP contribution in [0.2, 0.25) is 0 Å². The second-order valence-corrected chi connectivity index (χ2v) is 5.38. The molecule has 1 saturated heterocycles. The Bertz CT molecular complexity index is 828. The number of aromatic nitrogens is 3. The fourth-order valence-electron chi connectivity index (χ4n) is 2.95. The Morgan fingerprint density at radius 2 is 1.86 bits per heavy atom. The quantitative estimate of drug-likeness (QED) is 0.758. The Labute approximate surface area is 121 Å². The maximum Gasteiger partial charge on any atom is 0.262 e. The number of nitrogens with one attached hydrogen (secondary N) is 2. The van der Waals surface area contributed by atoms with Crippen molar-refractivity contribution < 1.29 is 0 Å². The van der Waals surface area contributed by atoms with Crippen molar-refractivity contribution in [1.29, 1.82) is 0 Å². The van der Waals surface area contributed by atoms with E-state index in [-0.39, 0.29) is 5.56 Å². The molecule has 5 nitrogen and oxygen atoms in total. The lowest BCUT2D eigenvalue weighted by Crippen LogP contribution is -2.23. The van der Waals surface area contributed by atoms with E-state index in [4.69, 9.17) is 0 Å². The molecular weight excluding hydrogens is 264 g/mol. The third kappa shape index (κ3) is 2.01. The molecule has 1 aromatic carbocycles. The van der Waals surface area contributed by atoms with Gasteiger partial charge in [0.05, 0.1) is 5.39 Å². The molecule has 106 valence electrons. The molecule has 2 aromatic heterocycles. The first-order chi connectivity index (χ1) is 10.3. The Kier molecular flexibility index (Phi) is 2.77. The van der Waals surface area contributed by atoms with Crippen LogP contribution in [0.3, 0.4) is 0 Å². The maximum absolute atomic E-state index is 12.5. The number of hydrogen-bond acceptors (Lipinski definition) is 3. The third-order valence-electron chi connectivity index (χ3n) is 4.02. The number of benzene rings is 1. The summed E-state index contributed by atoms with van der Waals surface area (Å²) in [5.41, 5.74) is 2.49. The van der Waals surface area contributed by atoms with Crippen LogP contribution in [0.5, 0.6) is 0 Å². The summed E-state index contributed by atoms with van der Waals surface area (Å²) in [5, 5.41) is 0.629. The van der Waals surface area contributed by atoms with E-state index in [0.29, 0.717) is 17.0 Å². The minimum atomic E-state index is -0.0815. The summed E-state index contributed by atoms with van der Waals surface area (Å²) in [7, 11) is 0. The van der Waals surface area contributed by atoms with E-state index < -0.39 is 0 Å². The van der Waals surface area contributed by atoms with Crippen molar-refractivity contribution in [3.05, 3.63) is 46.9 Å². The predicted octanol–water partition coefficient (Wildman–Crippen LogP) is 2.52. The number of fused-ring (bicyclic) bond motifs is 1. The van der Waals surface area contributed by atoms with Crippen LogP contribution >= 0.6 is 0 Å². The van der Waals surface area contributed by atoms with Crippen LogP contribution in [0.15, 0.2) is 41.3 Å². The molecule has 0 amide bonds. The molecular formula is C16H16N4O. The molecule has 3 heterocycles. The van der Waals surface area contributed by atoms with Gasteiger partial charge in [0, 0.05) is 24.8 Å². The van der Waals surface area contributed by atoms with Crippen LogP contribution in [0.4, 0.5) is 5.95 Å². The SMILES string of the molecule is O=c1[nH]c(N2CCCC2)nc2[nH]cc(-c3ccccc3)c12. The second kappa shape index (κ2) is 4.77. The summed E-state index contributed by atoms with van der Waals surface area (Å²) >= 11 is 0. The lowest BCUT2D eigenvalue weighted by Gasteiger charge is -2.15. The monoisotopic (exact) mass is 280 g/mol. The minimum Gasteiger partial charge on any atom is -0.345 e. The van der Waals surface area contributed by atoms with Crippen molar-refractivity contribution in [2.75, 3.05) is 18.0 Å². The molecule has 0 bridgehead atoms. The van der Waals surface area contributed by atoms with Gasteiger partial charge in [0.15, 0.2) is 0 Å². The maximum atomic E-state index is 12.5. The van der Waals surface area contributed by atoms with Crippen LogP contribution in [0.1, 0.15) is 12.8 Å². The number of nitrogens with zero attached hydrogens (tertiary/aromatic N) is 2. The van der Waals surface area contributed by atoms with Crippen LogP contribution in [0.25, 0.3) is 22.2 Å². The van der Waals surface area contributed by atoms with Gasteiger partial charge in [-0.25, -0.2) is 0 Å². The molecule has 21 heavy (non-hydrogen) atoms.